The molecule has 1 aliphatic rings. The normalized spacial score (nSPS) is 17.2. The van der Waals surface area contributed by atoms with Crippen molar-refractivity contribution in [3.63, 3.8) is 0 Å². The average Bonchev–Trinajstić information content (AvgIpc) is 3.49. The van der Waals surface area contributed by atoms with Gasteiger partial charge in [-0.3, -0.25) is 4.68 Å². The lowest BCUT2D eigenvalue weighted by Crippen LogP contribution is -2.35. The van der Waals surface area contributed by atoms with Crippen molar-refractivity contribution in [1.29, 1.82) is 0 Å². The first kappa shape index (κ1) is 21.4. The van der Waals surface area contributed by atoms with Crippen LogP contribution in [-0.2, 0) is 6.54 Å². The van der Waals surface area contributed by atoms with Gasteiger partial charge in [-0.25, -0.2) is 15.0 Å². The highest BCUT2D eigenvalue weighted by Crippen LogP contribution is 2.32. The van der Waals surface area contributed by atoms with Crippen LogP contribution in [0.3, 0.4) is 0 Å². The summed E-state index contributed by atoms with van der Waals surface area (Å²) < 4.78 is 8.83. The molecule has 4 aromatic rings. The maximum atomic E-state index is 10.1. The maximum Gasteiger partial charge on any atom is 0.245 e. The van der Waals surface area contributed by atoms with Gasteiger partial charge in [0.2, 0.25) is 11.8 Å². The Kier molecular flexibility index (Phi) is 5.08. The van der Waals surface area contributed by atoms with Crippen molar-refractivity contribution >= 4 is 17.3 Å². The molecule has 4 aromatic heterocycles. The Morgan fingerprint density at radius 1 is 1.24 bits per heavy atom. The highest BCUT2D eigenvalue weighted by molar-refractivity contribution is 5.65. The van der Waals surface area contributed by atoms with Gasteiger partial charge >= 0.3 is 0 Å². The van der Waals surface area contributed by atoms with Gasteiger partial charge in [0, 0.05) is 30.8 Å². The molecule has 0 spiro atoms. The van der Waals surface area contributed by atoms with Gasteiger partial charge < -0.3 is 20.2 Å². The van der Waals surface area contributed by atoms with E-state index in [0.29, 0.717) is 23.8 Å². The van der Waals surface area contributed by atoms with E-state index in [2.05, 4.69) is 20.0 Å². The third kappa shape index (κ3) is 4.04. The van der Waals surface area contributed by atoms with E-state index in [1.807, 2.05) is 24.7 Å². The van der Waals surface area contributed by atoms with E-state index >= 15 is 0 Å². The standard InChI is InChI=1S/C22H29N9O2/c1-13-17(20-24-7-9-33-20)25-21(23)31-19(13)26-18(28-31)15-6-5-8-29(10-15)16-11-30(27-14(16)2)12-22(3,4)32/h7,9,11,15,32H,5-6,8,10,12H2,1-4H3,(H2,23,25)/t15-/m1/s1. The molecule has 0 aromatic carbocycles. The SMILES string of the molecule is Cc1nn(CC(C)(C)O)cc1N1CCC[C@@H](c2nc3c(C)c(-c4ncco4)nc(N)n3n2)C1. The lowest BCUT2D eigenvalue weighted by atomic mass is 9.97. The van der Waals surface area contributed by atoms with Gasteiger partial charge in [0.25, 0.3) is 0 Å². The van der Waals surface area contributed by atoms with E-state index < -0.39 is 5.60 Å². The molecule has 0 saturated carbocycles. The molecule has 11 heteroatoms. The van der Waals surface area contributed by atoms with Gasteiger partial charge in [-0.2, -0.15) is 9.61 Å². The molecule has 33 heavy (non-hydrogen) atoms. The summed E-state index contributed by atoms with van der Waals surface area (Å²) in [7, 11) is 0. The number of aromatic nitrogens is 7. The fourth-order valence-corrected chi connectivity index (χ4v) is 4.51. The van der Waals surface area contributed by atoms with Crippen molar-refractivity contribution in [2.45, 2.75) is 58.6 Å². The fourth-order valence-electron chi connectivity index (χ4n) is 4.51. The van der Waals surface area contributed by atoms with Crippen LogP contribution in [0.2, 0.25) is 0 Å². The molecule has 0 radical (unpaired) electrons. The van der Waals surface area contributed by atoms with Crippen LogP contribution in [0.1, 0.15) is 49.7 Å². The van der Waals surface area contributed by atoms with E-state index in [1.54, 1.807) is 24.6 Å². The molecule has 1 fully saturated rings. The monoisotopic (exact) mass is 451 g/mol. The number of oxazole rings is 1. The molecule has 5 rings (SSSR count). The van der Waals surface area contributed by atoms with E-state index in [1.165, 1.54) is 6.26 Å². The summed E-state index contributed by atoms with van der Waals surface area (Å²) >= 11 is 0. The predicted molar refractivity (Wildman–Crippen MR) is 123 cm³/mol. The average molecular weight is 452 g/mol. The molecule has 5 heterocycles. The van der Waals surface area contributed by atoms with Crippen LogP contribution < -0.4 is 10.6 Å². The van der Waals surface area contributed by atoms with Crippen molar-refractivity contribution in [2.75, 3.05) is 23.7 Å². The lowest BCUT2D eigenvalue weighted by molar-refractivity contribution is 0.0577. The molecule has 0 bridgehead atoms. The number of fused-ring (bicyclic) bond motifs is 1. The van der Waals surface area contributed by atoms with E-state index in [-0.39, 0.29) is 11.9 Å². The second-order valence-corrected chi connectivity index (χ2v) is 9.38. The summed E-state index contributed by atoms with van der Waals surface area (Å²) in [5.74, 6) is 1.56. The molecule has 0 unspecified atom stereocenters. The van der Waals surface area contributed by atoms with Crippen molar-refractivity contribution in [3.05, 3.63) is 35.7 Å². The Labute approximate surface area is 191 Å². The highest BCUT2D eigenvalue weighted by atomic mass is 16.3. The van der Waals surface area contributed by atoms with Gasteiger partial charge in [-0.05, 0) is 40.5 Å². The first-order valence-electron chi connectivity index (χ1n) is 11.1. The van der Waals surface area contributed by atoms with E-state index in [9.17, 15) is 5.11 Å². The van der Waals surface area contributed by atoms with E-state index in [4.69, 9.17) is 20.2 Å². The quantitative estimate of drug-likeness (QED) is 0.468. The Bertz CT molecular complexity index is 1280. The van der Waals surface area contributed by atoms with Crippen molar-refractivity contribution in [3.8, 4) is 11.6 Å². The van der Waals surface area contributed by atoms with Crippen LogP contribution in [0, 0.1) is 13.8 Å². The van der Waals surface area contributed by atoms with Gasteiger partial charge in [-0.1, -0.05) is 0 Å². The lowest BCUT2D eigenvalue weighted by Gasteiger charge is -2.32. The van der Waals surface area contributed by atoms with Crippen LogP contribution in [0.4, 0.5) is 11.6 Å². The van der Waals surface area contributed by atoms with Crippen molar-refractivity contribution in [2.24, 2.45) is 0 Å². The minimum absolute atomic E-state index is 0.152. The zero-order chi connectivity index (χ0) is 23.3. The zero-order valence-corrected chi connectivity index (χ0v) is 19.4. The Morgan fingerprint density at radius 2 is 2.06 bits per heavy atom. The summed E-state index contributed by atoms with van der Waals surface area (Å²) in [4.78, 5) is 15.8. The number of nitrogens with two attached hydrogens (primary N) is 1. The second kappa shape index (κ2) is 7.84. The second-order valence-electron chi connectivity index (χ2n) is 9.38. The molecule has 174 valence electrons. The molecular weight excluding hydrogens is 422 g/mol. The number of aryl methyl sites for hydroxylation is 2. The molecule has 1 saturated heterocycles. The van der Waals surface area contributed by atoms with Crippen molar-refractivity contribution in [1.82, 2.24) is 34.3 Å². The Balaban J connectivity index is 1.44. The summed E-state index contributed by atoms with van der Waals surface area (Å²) in [5.41, 5.74) is 9.47. The van der Waals surface area contributed by atoms with Crippen LogP contribution in [-0.4, -0.2) is 58.1 Å². The summed E-state index contributed by atoms with van der Waals surface area (Å²) in [6.45, 7) is 9.66. The van der Waals surface area contributed by atoms with Crippen LogP contribution >= 0.6 is 0 Å². The Morgan fingerprint density at radius 3 is 2.79 bits per heavy atom. The van der Waals surface area contributed by atoms with Crippen molar-refractivity contribution < 1.29 is 9.52 Å². The molecule has 1 atom stereocenters. The van der Waals surface area contributed by atoms with Crippen LogP contribution in [0.15, 0.2) is 23.1 Å². The summed E-state index contributed by atoms with van der Waals surface area (Å²) in [6, 6.07) is 0. The number of hydrogen-bond acceptors (Lipinski definition) is 9. The molecular formula is C22H29N9O2. The van der Waals surface area contributed by atoms with Gasteiger partial charge in [0.1, 0.15) is 12.0 Å². The van der Waals surface area contributed by atoms with E-state index in [0.717, 1.165) is 48.7 Å². The topological polar surface area (TPSA) is 136 Å². The number of rotatable bonds is 5. The van der Waals surface area contributed by atoms with Crippen LogP contribution in [0.5, 0.6) is 0 Å². The maximum absolute atomic E-state index is 10.1. The third-order valence-corrected chi connectivity index (χ3v) is 5.99. The number of hydrogen-bond donors (Lipinski definition) is 2. The van der Waals surface area contributed by atoms with Crippen LogP contribution in [0.25, 0.3) is 17.2 Å². The Hall–Kier alpha value is -3.47. The smallest absolute Gasteiger partial charge is 0.245 e. The largest absolute Gasteiger partial charge is 0.443 e. The highest BCUT2D eigenvalue weighted by Gasteiger charge is 2.28. The van der Waals surface area contributed by atoms with Gasteiger partial charge in [-0.15, -0.1) is 5.10 Å². The molecule has 0 amide bonds. The fraction of sp³-hybridized carbons (Fsp3) is 0.500. The number of nitrogens with zero attached hydrogens (tertiary/aromatic N) is 8. The number of aliphatic hydroxyl groups is 1. The summed E-state index contributed by atoms with van der Waals surface area (Å²) in [6.07, 6.45) is 7.11. The predicted octanol–water partition coefficient (Wildman–Crippen LogP) is 2.33. The van der Waals surface area contributed by atoms with Gasteiger partial charge in [0.05, 0.1) is 29.7 Å². The molecule has 3 N–H and O–H groups in total. The molecule has 11 nitrogen and oxygen atoms in total. The number of anilines is 2. The molecule has 1 aliphatic heterocycles. The first-order valence-corrected chi connectivity index (χ1v) is 11.1. The first-order chi connectivity index (χ1) is 15.7. The van der Waals surface area contributed by atoms with Gasteiger partial charge in [0.15, 0.2) is 11.5 Å². The summed E-state index contributed by atoms with van der Waals surface area (Å²) in [5, 5.41) is 19.5. The number of piperidine rings is 1. The zero-order valence-electron chi connectivity index (χ0n) is 19.4. The minimum Gasteiger partial charge on any atom is -0.443 e. The number of nitrogen functional groups attached to an aromatic ring is 1. The third-order valence-electron chi connectivity index (χ3n) is 5.99. The molecule has 0 aliphatic carbocycles. The minimum atomic E-state index is -0.823.